The molecule has 2 amide bonds. The standard InChI is InChI=1S/C25H25FN4O/c1-17-13-18(2)15-21(14-17)27-25(31)30(16-19-7-9-20(26)10-8-19)12-11-24-28-22-5-3-4-6-23(22)29-24/h3-10,13-15H,11-12,16H2,1-2H3,(H,27,31)(H,28,29). The van der Waals surface area contributed by atoms with Crippen LogP contribution in [-0.2, 0) is 13.0 Å². The summed E-state index contributed by atoms with van der Waals surface area (Å²) in [5, 5.41) is 3.00. The number of H-pyrrole nitrogens is 1. The number of nitrogens with zero attached hydrogens (tertiary/aromatic N) is 2. The number of urea groups is 1. The van der Waals surface area contributed by atoms with Gasteiger partial charge >= 0.3 is 6.03 Å². The number of carbonyl (C=O) groups excluding carboxylic acids is 1. The molecule has 4 rings (SSSR count). The molecular formula is C25H25FN4O. The number of benzene rings is 3. The van der Waals surface area contributed by atoms with E-state index in [9.17, 15) is 9.18 Å². The fourth-order valence-electron chi connectivity index (χ4n) is 3.68. The third-order valence-electron chi connectivity index (χ3n) is 5.10. The lowest BCUT2D eigenvalue weighted by Gasteiger charge is -2.23. The first-order chi connectivity index (χ1) is 15.0. The van der Waals surface area contributed by atoms with Crippen molar-refractivity contribution in [3.05, 3.63) is 95.1 Å². The van der Waals surface area contributed by atoms with Gasteiger partial charge in [0.1, 0.15) is 11.6 Å². The van der Waals surface area contributed by atoms with Gasteiger partial charge in [-0.3, -0.25) is 0 Å². The zero-order valence-electron chi connectivity index (χ0n) is 17.7. The van der Waals surface area contributed by atoms with Gasteiger partial charge in [0, 0.05) is 25.2 Å². The number of halogens is 1. The van der Waals surface area contributed by atoms with Crippen LogP contribution in [0.25, 0.3) is 11.0 Å². The van der Waals surface area contributed by atoms with Crippen molar-refractivity contribution in [1.29, 1.82) is 0 Å². The average molecular weight is 417 g/mol. The maximum Gasteiger partial charge on any atom is 0.322 e. The number of aryl methyl sites for hydroxylation is 2. The molecule has 0 saturated heterocycles. The topological polar surface area (TPSA) is 61.0 Å². The van der Waals surface area contributed by atoms with Crippen LogP contribution in [0.4, 0.5) is 14.9 Å². The number of fused-ring (bicyclic) bond motifs is 1. The fraction of sp³-hybridized carbons (Fsp3) is 0.200. The third kappa shape index (κ3) is 5.28. The average Bonchev–Trinajstić information content (AvgIpc) is 3.14. The summed E-state index contributed by atoms with van der Waals surface area (Å²) in [4.78, 5) is 22.7. The molecule has 0 bridgehead atoms. The first-order valence-corrected chi connectivity index (χ1v) is 10.3. The second-order valence-electron chi connectivity index (χ2n) is 7.81. The Balaban J connectivity index is 1.52. The fourth-order valence-corrected chi connectivity index (χ4v) is 3.68. The SMILES string of the molecule is Cc1cc(C)cc(NC(=O)N(CCc2nc3ccccc3[nH]2)Cc2ccc(F)cc2)c1. The van der Waals surface area contributed by atoms with Gasteiger partial charge in [0.15, 0.2) is 0 Å². The highest BCUT2D eigenvalue weighted by atomic mass is 19.1. The molecule has 158 valence electrons. The molecule has 3 aromatic carbocycles. The molecule has 2 N–H and O–H groups in total. The maximum absolute atomic E-state index is 13.3. The third-order valence-corrected chi connectivity index (χ3v) is 5.10. The minimum absolute atomic E-state index is 0.203. The summed E-state index contributed by atoms with van der Waals surface area (Å²) in [5.41, 5.74) is 5.67. The van der Waals surface area contributed by atoms with Gasteiger partial charge in [-0.2, -0.15) is 0 Å². The van der Waals surface area contributed by atoms with Gasteiger partial charge in [-0.05, 0) is 66.9 Å². The quantitative estimate of drug-likeness (QED) is 0.430. The first kappa shape index (κ1) is 20.6. The molecule has 0 aliphatic heterocycles. The van der Waals surface area contributed by atoms with Gasteiger partial charge in [-0.1, -0.05) is 30.3 Å². The van der Waals surface area contributed by atoms with Crippen LogP contribution in [0, 0.1) is 19.7 Å². The molecule has 1 aromatic heterocycles. The highest BCUT2D eigenvalue weighted by molar-refractivity contribution is 5.89. The van der Waals surface area contributed by atoms with E-state index in [-0.39, 0.29) is 11.8 Å². The van der Waals surface area contributed by atoms with E-state index in [1.807, 2.05) is 50.2 Å². The Morgan fingerprint density at radius 2 is 1.74 bits per heavy atom. The van der Waals surface area contributed by atoms with Crippen molar-refractivity contribution in [1.82, 2.24) is 14.9 Å². The molecule has 0 radical (unpaired) electrons. The Labute approximate surface area is 180 Å². The van der Waals surface area contributed by atoms with Crippen molar-refractivity contribution >= 4 is 22.8 Å². The van der Waals surface area contributed by atoms with Crippen molar-refractivity contribution in [2.24, 2.45) is 0 Å². The smallest absolute Gasteiger partial charge is 0.322 e. The van der Waals surface area contributed by atoms with Gasteiger partial charge in [0.25, 0.3) is 0 Å². The van der Waals surface area contributed by atoms with E-state index in [0.29, 0.717) is 19.5 Å². The second kappa shape index (κ2) is 9.00. The van der Waals surface area contributed by atoms with Crippen LogP contribution in [0.1, 0.15) is 22.5 Å². The highest BCUT2D eigenvalue weighted by Crippen LogP contribution is 2.16. The monoisotopic (exact) mass is 416 g/mol. The number of imidazole rings is 1. The zero-order chi connectivity index (χ0) is 21.8. The summed E-state index contributed by atoms with van der Waals surface area (Å²) in [6, 6.07) is 19.8. The number of anilines is 1. The van der Waals surface area contributed by atoms with Crippen molar-refractivity contribution in [2.75, 3.05) is 11.9 Å². The van der Waals surface area contributed by atoms with Crippen LogP contribution >= 0.6 is 0 Å². The molecule has 0 aliphatic rings. The van der Waals surface area contributed by atoms with Crippen molar-refractivity contribution < 1.29 is 9.18 Å². The largest absolute Gasteiger partial charge is 0.342 e. The number of para-hydroxylation sites is 2. The summed E-state index contributed by atoms with van der Waals surface area (Å²) in [5.74, 6) is 0.529. The van der Waals surface area contributed by atoms with E-state index in [1.54, 1.807) is 17.0 Å². The van der Waals surface area contributed by atoms with Gasteiger partial charge in [-0.15, -0.1) is 0 Å². The molecule has 6 heteroatoms. The second-order valence-corrected chi connectivity index (χ2v) is 7.81. The lowest BCUT2D eigenvalue weighted by Crippen LogP contribution is -2.36. The Morgan fingerprint density at radius 3 is 2.45 bits per heavy atom. The Morgan fingerprint density at radius 1 is 1.03 bits per heavy atom. The number of nitrogens with one attached hydrogen (secondary N) is 2. The van der Waals surface area contributed by atoms with E-state index >= 15 is 0 Å². The van der Waals surface area contributed by atoms with Crippen LogP contribution in [0.2, 0.25) is 0 Å². The molecule has 0 atom stereocenters. The molecule has 31 heavy (non-hydrogen) atoms. The molecule has 1 heterocycles. The first-order valence-electron chi connectivity index (χ1n) is 10.3. The van der Waals surface area contributed by atoms with Crippen LogP contribution < -0.4 is 5.32 Å². The summed E-state index contributed by atoms with van der Waals surface area (Å²) in [7, 11) is 0. The number of aromatic nitrogens is 2. The number of aromatic amines is 1. The van der Waals surface area contributed by atoms with Crippen LogP contribution in [-0.4, -0.2) is 27.4 Å². The summed E-state index contributed by atoms with van der Waals surface area (Å²) < 4.78 is 13.3. The minimum Gasteiger partial charge on any atom is -0.342 e. The van der Waals surface area contributed by atoms with Crippen LogP contribution in [0.3, 0.4) is 0 Å². The van der Waals surface area contributed by atoms with Gasteiger partial charge in [0.2, 0.25) is 0 Å². The van der Waals surface area contributed by atoms with E-state index in [1.165, 1.54) is 12.1 Å². The molecule has 0 aliphatic carbocycles. The highest BCUT2D eigenvalue weighted by Gasteiger charge is 2.16. The van der Waals surface area contributed by atoms with E-state index < -0.39 is 0 Å². The number of carbonyl (C=O) groups is 1. The van der Waals surface area contributed by atoms with Crippen LogP contribution in [0.15, 0.2) is 66.7 Å². The molecule has 0 spiro atoms. The van der Waals surface area contributed by atoms with Crippen LogP contribution in [0.5, 0.6) is 0 Å². The molecular weight excluding hydrogens is 391 g/mol. The van der Waals surface area contributed by atoms with Crippen molar-refractivity contribution in [3.63, 3.8) is 0 Å². The minimum atomic E-state index is -0.294. The van der Waals surface area contributed by atoms with Gasteiger partial charge in [0.05, 0.1) is 11.0 Å². The zero-order valence-corrected chi connectivity index (χ0v) is 17.7. The van der Waals surface area contributed by atoms with Crippen molar-refractivity contribution in [2.45, 2.75) is 26.8 Å². The lowest BCUT2D eigenvalue weighted by molar-refractivity contribution is 0.209. The Kier molecular flexibility index (Phi) is 5.98. The molecule has 0 saturated carbocycles. The van der Waals surface area contributed by atoms with E-state index in [4.69, 9.17) is 0 Å². The molecule has 4 aromatic rings. The summed E-state index contributed by atoms with van der Waals surface area (Å²) >= 11 is 0. The molecule has 5 nitrogen and oxygen atoms in total. The molecule has 0 fully saturated rings. The van der Waals surface area contributed by atoms with Crippen molar-refractivity contribution in [3.8, 4) is 0 Å². The number of amides is 2. The van der Waals surface area contributed by atoms with E-state index in [0.717, 1.165) is 39.2 Å². The summed E-state index contributed by atoms with van der Waals surface area (Å²) in [6.07, 6.45) is 0.580. The Bertz CT molecular complexity index is 1150. The Hall–Kier alpha value is -3.67. The normalized spacial score (nSPS) is 10.9. The van der Waals surface area contributed by atoms with Gasteiger partial charge in [-0.25, -0.2) is 14.2 Å². The lowest BCUT2D eigenvalue weighted by atomic mass is 10.1. The predicted octanol–water partition coefficient (Wildman–Crippen LogP) is 5.60. The number of hydrogen-bond donors (Lipinski definition) is 2. The molecule has 0 unspecified atom stereocenters. The number of rotatable bonds is 6. The number of hydrogen-bond acceptors (Lipinski definition) is 2. The summed E-state index contributed by atoms with van der Waals surface area (Å²) in [6.45, 7) is 4.84. The maximum atomic E-state index is 13.3. The van der Waals surface area contributed by atoms with Gasteiger partial charge < -0.3 is 15.2 Å². The van der Waals surface area contributed by atoms with E-state index in [2.05, 4.69) is 21.4 Å². The predicted molar refractivity (Wildman–Crippen MR) is 122 cm³/mol.